The van der Waals surface area contributed by atoms with Crippen LogP contribution in [0.5, 0.6) is 0 Å². The van der Waals surface area contributed by atoms with Crippen LogP contribution in [0.15, 0.2) is 12.7 Å². The van der Waals surface area contributed by atoms with Crippen LogP contribution in [-0.4, -0.2) is 39.9 Å². The third-order valence-electron chi connectivity index (χ3n) is 6.26. The summed E-state index contributed by atoms with van der Waals surface area (Å²) in [4.78, 5) is 11.7. The molecule has 0 radical (unpaired) electrons. The first-order valence-corrected chi connectivity index (χ1v) is 15.4. The maximum Gasteiger partial charge on any atom is 0.308 e. The molecule has 0 aliphatic heterocycles. The highest BCUT2D eigenvalue weighted by atomic mass is 28.4. The molecular formula is C20H42O4Si2. The summed E-state index contributed by atoms with van der Waals surface area (Å²) < 4.78 is 13.1. The molecule has 0 fully saturated rings. The van der Waals surface area contributed by atoms with Gasteiger partial charge in [-0.1, -0.05) is 47.6 Å². The molecule has 0 aromatic rings. The summed E-state index contributed by atoms with van der Waals surface area (Å²) in [5.41, 5.74) is 0. The summed E-state index contributed by atoms with van der Waals surface area (Å²) in [5.74, 6) is -1.37. The molecule has 0 aromatic heterocycles. The fourth-order valence-electron chi connectivity index (χ4n) is 2.81. The molecule has 1 N–H and O–H groups in total. The summed E-state index contributed by atoms with van der Waals surface area (Å²) in [7, 11) is -3.87. The first kappa shape index (κ1) is 25.6. The van der Waals surface area contributed by atoms with E-state index < -0.39 is 28.5 Å². The first-order chi connectivity index (χ1) is 11.8. The van der Waals surface area contributed by atoms with E-state index >= 15 is 0 Å². The first-order valence-electron chi connectivity index (χ1n) is 10.00. The number of rotatable bonds is 12. The summed E-state index contributed by atoms with van der Waals surface area (Å²) in [6.45, 7) is 23.2. The van der Waals surface area contributed by atoms with E-state index in [0.717, 1.165) is 18.1 Å². The molecule has 0 unspecified atom stereocenters. The summed E-state index contributed by atoms with van der Waals surface area (Å²) in [6, 6.07) is 3.01. The van der Waals surface area contributed by atoms with Gasteiger partial charge in [-0.05, 0) is 43.2 Å². The molecule has 0 bridgehead atoms. The molecule has 0 spiro atoms. The molecule has 0 rings (SSSR count). The molecule has 0 aliphatic carbocycles. The van der Waals surface area contributed by atoms with Crippen molar-refractivity contribution in [3.8, 4) is 0 Å². The van der Waals surface area contributed by atoms with Gasteiger partial charge >= 0.3 is 5.97 Å². The molecule has 0 aliphatic rings. The highest BCUT2D eigenvalue weighted by Crippen LogP contribution is 2.38. The molecule has 4 nitrogen and oxygen atoms in total. The van der Waals surface area contributed by atoms with E-state index in [1.54, 1.807) is 6.92 Å². The van der Waals surface area contributed by atoms with Gasteiger partial charge in [0, 0.05) is 6.42 Å². The average molecular weight is 403 g/mol. The molecule has 0 amide bonds. The molecule has 3 atom stereocenters. The van der Waals surface area contributed by atoms with Crippen molar-refractivity contribution in [2.75, 3.05) is 0 Å². The van der Waals surface area contributed by atoms with Crippen molar-refractivity contribution in [2.45, 2.75) is 103 Å². The van der Waals surface area contributed by atoms with Crippen LogP contribution in [0.2, 0.25) is 36.3 Å². The number of carbonyl (C=O) groups is 1. The van der Waals surface area contributed by atoms with Crippen molar-refractivity contribution < 1.29 is 18.8 Å². The van der Waals surface area contributed by atoms with E-state index in [4.69, 9.17) is 8.85 Å². The summed E-state index contributed by atoms with van der Waals surface area (Å²) >= 11 is 0. The lowest BCUT2D eigenvalue weighted by Gasteiger charge is -2.41. The molecule has 154 valence electrons. The predicted molar refractivity (Wildman–Crippen MR) is 116 cm³/mol. The zero-order valence-electron chi connectivity index (χ0n) is 18.5. The second-order valence-corrected chi connectivity index (χ2v) is 18.4. The molecule has 0 heterocycles. The van der Waals surface area contributed by atoms with Crippen molar-refractivity contribution in [1.82, 2.24) is 0 Å². The zero-order chi connectivity index (χ0) is 20.8. The number of carboxylic acids is 1. The van der Waals surface area contributed by atoms with Crippen LogP contribution in [0.25, 0.3) is 0 Å². The molecule has 0 saturated heterocycles. The molecular weight excluding hydrogens is 360 g/mol. The lowest BCUT2D eigenvalue weighted by molar-refractivity contribution is -0.144. The maximum absolute atomic E-state index is 11.7. The van der Waals surface area contributed by atoms with Gasteiger partial charge < -0.3 is 14.0 Å². The van der Waals surface area contributed by atoms with E-state index in [2.05, 4.69) is 61.2 Å². The molecule has 26 heavy (non-hydrogen) atoms. The number of aliphatic carboxylic acids is 1. The van der Waals surface area contributed by atoms with Gasteiger partial charge in [-0.2, -0.15) is 0 Å². The monoisotopic (exact) mass is 402 g/mol. The van der Waals surface area contributed by atoms with Crippen LogP contribution < -0.4 is 0 Å². The van der Waals surface area contributed by atoms with E-state index in [-0.39, 0.29) is 17.2 Å². The largest absolute Gasteiger partial charge is 0.481 e. The third-order valence-corrected chi connectivity index (χ3v) is 15.4. The Kier molecular flexibility index (Phi) is 10.0. The minimum atomic E-state index is -1.96. The Hall–Kier alpha value is -0.436. The smallest absolute Gasteiger partial charge is 0.308 e. The lowest BCUT2D eigenvalue weighted by Crippen LogP contribution is -2.47. The van der Waals surface area contributed by atoms with E-state index in [0.29, 0.717) is 6.42 Å². The molecule has 6 heteroatoms. The Bertz CT molecular complexity index is 445. The Morgan fingerprint density at radius 3 is 1.88 bits per heavy atom. The van der Waals surface area contributed by atoms with Crippen LogP contribution >= 0.6 is 0 Å². The van der Waals surface area contributed by atoms with Crippen molar-refractivity contribution in [1.29, 1.82) is 0 Å². The minimum absolute atomic E-state index is 0.0950. The normalized spacial score (nSPS) is 16.8. The fraction of sp³-hybridized carbons (Fsp3) is 0.850. The minimum Gasteiger partial charge on any atom is -0.481 e. The average Bonchev–Trinajstić information content (AvgIpc) is 2.56. The van der Waals surface area contributed by atoms with Crippen LogP contribution in [0.1, 0.15) is 54.9 Å². The Balaban J connectivity index is 5.51. The Morgan fingerprint density at radius 2 is 1.58 bits per heavy atom. The van der Waals surface area contributed by atoms with Crippen molar-refractivity contribution >= 4 is 22.6 Å². The maximum atomic E-state index is 11.7. The molecule has 0 saturated carbocycles. The van der Waals surface area contributed by atoms with E-state index in [1.807, 2.05) is 6.08 Å². The van der Waals surface area contributed by atoms with Gasteiger partial charge in [0.2, 0.25) is 0 Å². The second-order valence-electron chi connectivity index (χ2n) is 8.91. The van der Waals surface area contributed by atoms with Gasteiger partial charge in [0.1, 0.15) is 0 Å². The number of hydrogen-bond acceptors (Lipinski definition) is 3. The second kappa shape index (κ2) is 10.2. The van der Waals surface area contributed by atoms with Gasteiger partial charge in [0.25, 0.3) is 0 Å². The van der Waals surface area contributed by atoms with Crippen LogP contribution in [0, 0.1) is 5.92 Å². The van der Waals surface area contributed by atoms with Gasteiger partial charge in [-0.3, -0.25) is 4.79 Å². The third kappa shape index (κ3) is 6.94. The highest BCUT2D eigenvalue weighted by Gasteiger charge is 2.41. The van der Waals surface area contributed by atoms with Crippen LogP contribution in [0.3, 0.4) is 0 Å². The lowest BCUT2D eigenvalue weighted by atomic mass is 9.99. The van der Waals surface area contributed by atoms with Crippen molar-refractivity contribution in [3.63, 3.8) is 0 Å². The fourth-order valence-corrected chi connectivity index (χ4v) is 7.06. The summed E-state index contributed by atoms with van der Waals surface area (Å²) in [5, 5.41) is 9.69. The van der Waals surface area contributed by atoms with E-state index in [9.17, 15) is 9.90 Å². The SMILES string of the molecule is C=C[C@@H](C[C@@H](O[Si](CC)(CC)CC)[C@H](C)C(=O)O)O[Si](C)(C)C(C)(C)C. The van der Waals surface area contributed by atoms with Gasteiger partial charge in [-0.15, -0.1) is 6.58 Å². The standard InChI is InChI=1S/C20H42O4Si2/c1-11-17(23-25(9,10)20(6,7)8)15-18(16(5)19(21)22)24-26(12-2,13-3)14-4/h11,16-18H,1,12-15H2,2-10H3,(H,21,22)/t16-,17-,18+/m0/s1. The van der Waals surface area contributed by atoms with Crippen molar-refractivity contribution in [2.24, 2.45) is 5.92 Å². The Labute approximate surface area is 163 Å². The van der Waals surface area contributed by atoms with Crippen molar-refractivity contribution in [3.05, 3.63) is 12.7 Å². The topological polar surface area (TPSA) is 55.8 Å². The number of carboxylic acid groups (broad SMARTS) is 1. The van der Waals surface area contributed by atoms with Gasteiger partial charge in [0.15, 0.2) is 16.6 Å². The van der Waals surface area contributed by atoms with Crippen LogP contribution in [0.4, 0.5) is 0 Å². The van der Waals surface area contributed by atoms with E-state index in [1.165, 1.54) is 0 Å². The van der Waals surface area contributed by atoms with Gasteiger partial charge in [0.05, 0.1) is 18.1 Å². The Morgan fingerprint density at radius 1 is 1.12 bits per heavy atom. The zero-order valence-corrected chi connectivity index (χ0v) is 20.5. The molecule has 0 aromatic carbocycles. The quantitative estimate of drug-likeness (QED) is 0.318. The highest BCUT2D eigenvalue weighted by molar-refractivity contribution is 6.74. The number of hydrogen-bond donors (Lipinski definition) is 1. The van der Waals surface area contributed by atoms with Crippen LogP contribution in [-0.2, 0) is 13.6 Å². The summed E-state index contributed by atoms with van der Waals surface area (Å²) in [6.07, 6.45) is 1.85. The van der Waals surface area contributed by atoms with Gasteiger partial charge in [-0.25, -0.2) is 0 Å². The predicted octanol–water partition coefficient (Wildman–Crippen LogP) is 6.06.